The van der Waals surface area contributed by atoms with Crippen molar-refractivity contribution in [3.63, 3.8) is 0 Å². The topological polar surface area (TPSA) is 49.4 Å². The fourth-order valence-corrected chi connectivity index (χ4v) is 3.10. The Morgan fingerprint density at radius 3 is 2.44 bits per heavy atom. The molecule has 0 aliphatic heterocycles. The number of nitrogens with one attached hydrogen (secondary N) is 1. The molecule has 1 fully saturated rings. The van der Waals surface area contributed by atoms with Crippen LogP contribution >= 0.6 is 0 Å². The van der Waals surface area contributed by atoms with Crippen LogP contribution in [0.3, 0.4) is 0 Å². The van der Waals surface area contributed by atoms with E-state index in [1.54, 1.807) is 4.90 Å². The minimum Gasteiger partial charge on any atom is -0.339 e. The van der Waals surface area contributed by atoms with Gasteiger partial charge in [-0.25, -0.2) is 4.39 Å². The Morgan fingerprint density at radius 2 is 1.92 bits per heavy atom. The van der Waals surface area contributed by atoms with Crippen LogP contribution in [0.4, 0.5) is 10.1 Å². The first kappa shape index (κ1) is 19.4. The molecule has 1 aliphatic rings. The van der Waals surface area contributed by atoms with E-state index in [1.165, 1.54) is 18.2 Å². The van der Waals surface area contributed by atoms with E-state index in [9.17, 15) is 14.0 Å². The maximum absolute atomic E-state index is 13.8. The maximum atomic E-state index is 13.8. The Kier molecular flexibility index (Phi) is 6.57. The fourth-order valence-electron chi connectivity index (χ4n) is 3.10. The van der Waals surface area contributed by atoms with Crippen LogP contribution in [0.2, 0.25) is 0 Å². The van der Waals surface area contributed by atoms with Gasteiger partial charge >= 0.3 is 0 Å². The molecule has 1 N–H and O–H groups in total. The predicted molar refractivity (Wildman–Crippen MR) is 98.0 cm³/mol. The number of benzene rings is 1. The second-order valence-corrected chi connectivity index (χ2v) is 7.02. The highest BCUT2D eigenvalue weighted by Gasteiger charge is 2.39. The van der Waals surface area contributed by atoms with Crippen molar-refractivity contribution in [2.24, 2.45) is 17.8 Å². The Bertz CT molecular complexity index is 628. The van der Waals surface area contributed by atoms with E-state index in [2.05, 4.69) is 19.2 Å². The first-order valence-corrected chi connectivity index (χ1v) is 9.30. The Morgan fingerprint density at radius 1 is 1.28 bits per heavy atom. The second kappa shape index (κ2) is 8.45. The molecule has 2 unspecified atom stereocenters. The molecule has 1 aliphatic carbocycles. The van der Waals surface area contributed by atoms with Crippen LogP contribution in [0.5, 0.6) is 0 Å². The number of nitrogens with zero attached hydrogens (tertiary/aromatic N) is 1. The van der Waals surface area contributed by atoms with Gasteiger partial charge in [0.1, 0.15) is 5.82 Å². The summed E-state index contributed by atoms with van der Waals surface area (Å²) >= 11 is 0. The molecule has 0 bridgehead atoms. The van der Waals surface area contributed by atoms with E-state index >= 15 is 0 Å². The Hall–Kier alpha value is -1.91. The smallest absolute Gasteiger partial charge is 0.256 e. The summed E-state index contributed by atoms with van der Waals surface area (Å²) in [6.07, 6.45) is 2.85. The van der Waals surface area contributed by atoms with E-state index in [1.807, 2.05) is 13.8 Å². The molecule has 1 saturated carbocycles. The molecule has 0 saturated heterocycles. The lowest BCUT2D eigenvalue weighted by molar-refractivity contribution is -0.117. The van der Waals surface area contributed by atoms with Crippen molar-refractivity contribution in [1.29, 1.82) is 0 Å². The van der Waals surface area contributed by atoms with Crippen molar-refractivity contribution in [1.82, 2.24) is 4.90 Å². The molecule has 2 rings (SSSR count). The van der Waals surface area contributed by atoms with Crippen LogP contribution in [-0.4, -0.2) is 29.8 Å². The third kappa shape index (κ3) is 4.80. The molecule has 138 valence electrons. The molecule has 1 aromatic rings. The number of halogens is 1. The van der Waals surface area contributed by atoms with Gasteiger partial charge < -0.3 is 10.2 Å². The maximum Gasteiger partial charge on any atom is 0.256 e. The summed E-state index contributed by atoms with van der Waals surface area (Å²) in [7, 11) is 0. The van der Waals surface area contributed by atoms with Gasteiger partial charge in [-0.3, -0.25) is 9.59 Å². The summed E-state index contributed by atoms with van der Waals surface area (Å²) in [5, 5.41) is 2.82. The third-order valence-electron chi connectivity index (χ3n) is 5.22. The van der Waals surface area contributed by atoms with Crippen molar-refractivity contribution in [3.8, 4) is 0 Å². The molecule has 2 amide bonds. The number of rotatable bonds is 8. The summed E-state index contributed by atoms with van der Waals surface area (Å²) in [6, 6.07) is 3.99. The van der Waals surface area contributed by atoms with Gasteiger partial charge in [-0.2, -0.15) is 0 Å². The number of amides is 2. The molecular formula is C20H29FN2O2. The molecule has 25 heavy (non-hydrogen) atoms. The van der Waals surface area contributed by atoms with Gasteiger partial charge in [0.15, 0.2) is 0 Å². The van der Waals surface area contributed by atoms with Gasteiger partial charge in [0.2, 0.25) is 5.91 Å². The van der Waals surface area contributed by atoms with Crippen molar-refractivity contribution in [2.75, 3.05) is 18.4 Å². The zero-order valence-electron chi connectivity index (χ0n) is 15.6. The molecular weight excluding hydrogens is 319 g/mol. The van der Waals surface area contributed by atoms with Crippen molar-refractivity contribution in [3.05, 3.63) is 29.6 Å². The SMILES string of the molecule is CCC(CC)CN(CC)C(=O)c1cc(F)ccc1NC(=O)C1CC1C. The van der Waals surface area contributed by atoms with Gasteiger partial charge in [0.05, 0.1) is 11.3 Å². The number of carbonyl (C=O) groups is 2. The number of anilines is 1. The summed E-state index contributed by atoms with van der Waals surface area (Å²) in [4.78, 5) is 26.9. The van der Waals surface area contributed by atoms with E-state index < -0.39 is 5.82 Å². The quantitative estimate of drug-likeness (QED) is 0.761. The largest absolute Gasteiger partial charge is 0.339 e. The Labute approximate surface area is 149 Å². The minimum atomic E-state index is -0.472. The highest BCUT2D eigenvalue weighted by Crippen LogP contribution is 2.38. The van der Waals surface area contributed by atoms with Crippen LogP contribution in [0.25, 0.3) is 0 Å². The first-order valence-electron chi connectivity index (χ1n) is 9.30. The number of hydrogen-bond acceptors (Lipinski definition) is 2. The van der Waals surface area contributed by atoms with Crippen LogP contribution in [0.1, 0.15) is 57.3 Å². The van der Waals surface area contributed by atoms with E-state index in [4.69, 9.17) is 0 Å². The van der Waals surface area contributed by atoms with Crippen molar-refractivity contribution < 1.29 is 14.0 Å². The fraction of sp³-hybridized carbons (Fsp3) is 0.600. The molecule has 4 nitrogen and oxygen atoms in total. The predicted octanol–water partition coefficient (Wildman–Crippen LogP) is 4.32. The average Bonchev–Trinajstić information content (AvgIpc) is 3.34. The second-order valence-electron chi connectivity index (χ2n) is 7.02. The van der Waals surface area contributed by atoms with Crippen LogP contribution in [-0.2, 0) is 4.79 Å². The summed E-state index contributed by atoms with van der Waals surface area (Å²) in [5.74, 6) is 0.00763. The molecule has 5 heteroatoms. The molecule has 0 spiro atoms. The average molecular weight is 348 g/mol. The van der Waals surface area contributed by atoms with Crippen molar-refractivity contribution >= 4 is 17.5 Å². The standard InChI is InChI=1S/C20H29FN2O2/c1-5-14(6-2)12-23(7-3)20(25)17-11-15(21)8-9-18(17)22-19(24)16-10-13(16)4/h8-9,11,13-14,16H,5-7,10,12H2,1-4H3,(H,22,24). The monoisotopic (exact) mass is 348 g/mol. The number of carbonyl (C=O) groups excluding carboxylic acids is 2. The summed E-state index contributed by atoms with van der Waals surface area (Å²) in [6.45, 7) is 9.36. The lowest BCUT2D eigenvalue weighted by Crippen LogP contribution is -2.35. The van der Waals surface area contributed by atoms with Crippen LogP contribution in [0.15, 0.2) is 18.2 Å². The van der Waals surface area contributed by atoms with Gasteiger partial charge in [0, 0.05) is 19.0 Å². The zero-order valence-corrected chi connectivity index (χ0v) is 15.6. The van der Waals surface area contributed by atoms with Gasteiger partial charge in [-0.05, 0) is 43.4 Å². The molecule has 0 heterocycles. The van der Waals surface area contributed by atoms with E-state index in [-0.39, 0.29) is 23.3 Å². The van der Waals surface area contributed by atoms with Crippen LogP contribution < -0.4 is 5.32 Å². The van der Waals surface area contributed by atoms with Crippen LogP contribution in [0, 0.1) is 23.6 Å². The van der Waals surface area contributed by atoms with E-state index in [0.29, 0.717) is 30.6 Å². The van der Waals surface area contributed by atoms with Crippen molar-refractivity contribution in [2.45, 2.75) is 47.0 Å². The lowest BCUT2D eigenvalue weighted by Gasteiger charge is -2.26. The highest BCUT2D eigenvalue weighted by molar-refractivity contribution is 6.04. The van der Waals surface area contributed by atoms with Gasteiger partial charge in [-0.15, -0.1) is 0 Å². The molecule has 1 aromatic carbocycles. The third-order valence-corrected chi connectivity index (χ3v) is 5.22. The first-order chi connectivity index (χ1) is 11.9. The molecule has 0 aromatic heterocycles. The zero-order chi connectivity index (χ0) is 18.6. The van der Waals surface area contributed by atoms with Gasteiger partial charge in [-0.1, -0.05) is 33.6 Å². The normalized spacial score (nSPS) is 19.0. The molecule has 0 radical (unpaired) electrons. The summed E-state index contributed by atoms with van der Waals surface area (Å²) in [5.41, 5.74) is 0.632. The lowest BCUT2D eigenvalue weighted by atomic mass is 10.0. The number of hydrogen-bond donors (Lipinski definition) is 1. The highest BCUT2D eigenvalue weighted by atomic mass is 19.1. The van der Waals surface area contributed by atoms with Gasteiger partial charge in [0.25, 0.3) is 5.91 Å². The van der Waals surface area contributed by atoms with E-state index in [0.717, 1.165) is 19.3 Å². The summed E-state index contributed by atoms with van der Waals surface area (Å²) < 4.78 is 13.8. The minimum absolute atomic E-state index is 0.000142. The molecule has 2 atom stereocenters. The Balaban J connectivity index is 2.21.